The average Bonchev–Trinajstić information content (AvgIpc) is 3.15. The molecule has 0 aliphatic carbocycles. The number of aromatic nitrogens is 3. The van der Waals surface area contributed by atoms with Gasteiger partial charge in [0.05, 0.1) is 28.9 Å². The zero-order valence-corrected chi connectivity index (χ0v) is 18.1. The van der Waals surface area contributed by atoms with Gasteiger partial charge in [-0.2, -0.15) is 0 Å². The van der Waals surface area contributed by atoms with E-state index in [4.69, 9.17) is 27.9 Å². The van der Waals surface area contributed by atoms with Crippen LogP contribution in [0.1, 0.15) is 36.3 Å². The lowest BCUT2D eigenvalue weighted by atomic mass is 10.0. The topological polar surface area (TPSA) is 86.4 Å². The van der Waals surface area contributed by atoms with Gasteiger partial charge in [0, 0.05) is 36.1 Å². The SMILES string of the molecule is CCCOc1ccn(Cc2cc(=O)c(C(=O)O)c(-c3ccc(Cl)c(Cl)c3)n2CC)n1. The van der Waals surface area contributed by atoms with Crippen molar-refractivity contribution < 1.29 is 14.6 Å². The molecule has 3 aromatic rings. The van der Waals surface area contributed by atoms with Crippen LogP contribution in [0.2, 0.25) is 10.0 Å². The van der Waals surface area contributed by atoms with Crippen molar-refractivity contribution in [3.8, 4) is 17.1 Å². The molecular weight excluding hydrogens is 429 g/mol. The molecule has 7 nitrogen and oxygen atoms in total. The Morgan fingerprint density at radius 3 is 2.57 bits per heavy atom. The molecule has 0 spiro atoms. The van der Waals surface area contributed by atoms with Gasteiger partial charge < -0.3 is 14.4 Å². The van der Waals surface area contributed by atoms with Crippen molar-refractivity contribution in [2.45, 2.75) is 33.4 Å². The maximum atomic E-state index is 12.7. The predicted octanol–water partition coefficient (Wildman–Crippen LogP) is 4.57. The van der Waals surface area contributed by atoms with Crippen LogP contribution < -0.4 is 10.2 Å². The van der Waals surface area contributed by atoms with E-state index >= 15 is 0 Å². The number of carboxylic acids is 1. The maximum absolute atomic E-state index is 12.7. The molecule has 0 amide bonds. The van der Waals surface area contributed by atoms with Gasteiger partial charge in [-0.3, -0.25) is 9.48 Å². The summed E-state index contributed by atoms with van der Waals surface area (Å²) in [7, 11) is 0. The Morgan fingerprint density at radius 1 is 1.17 bits per heavy atom. The van der Waals surface area contributed by atoms with Gasteiger partial charge in [-0.05, 0) is 25.5 Å². The highest BCUT2D eigenvalue weighted by Gasteiger charge is 2.22. The fourth-order valence-corrected chi connectivity index (χ4v) is 3.52. The lowest BCUT2D eigenvalue weighted by molar-refractivity contribution is 0.0695. The number of carboxylic acid groups (broad SMARTS) is 1. The normalized spacial score (nSPS) is 10.9. The molecule has 0 aliphatic rings. The molecule has 0 unspecified atom stereocenters. The van der Waals surface area contributed by atoms with Gasteiger partial charge in [0.15, 0.2) is 5.43 Å². The zero-order chi connectivity index (χ0) is 21.8. The number of aromatic carboxylic acids is 1. The van der Waals surface area contributed by atoms with E-state index in [0.29, 0.717) is 35.3 Å². The number of nitrogens with zero attached hydrogens (tertiary/aromatic N) is 3. The van der Waals surface area contributed by atoms with E-state index in [1.54, 1.807) is 39.7 Å². The number of pyridine rings is 1. The van der Waals surface area contributed by atoms with E-state index in [-0.39, 0.29) is 22.8 Å². The van der Waals surface area contributed by atoms with Gasteiger partial charge in [-0.25, -0.2) is 4.79 Å². The standard InChI is InChI=1S/C21H21Cl2N3O4/c1-3-9-30-18-7-8-25(24-18)12-14-11-17(27)19(21(28)29)20(26(14)4-2)13-5-6-15(22)16(23)10-13/h5-8,10-11H,3-4,9,12H2,1-2H3,(H,28,29). The minimum absolute atomic E-state index is 0.271. The van der Waals surface area contributed by atoms with Crippen LogP contribution in [0.3, 0.4) is 0 Å². The molecule has 1 aromatic carbocycles. The summed E-state index contributed by atoms with van der Waals surface area (Å²) >= 11 is 12.2. The van der Waals surface area contributed by atoms with Gasteiger partial charge >= 0.3 is 5.97 Å². The third kappa shape index (κ3) is 4.52. The van der Waals surface area contributed by atoms with E-state index in [9.17, 15) is 14.7 Å². The molecule has 0 aliphatic heterocycles. The molecule has 30 heavy (non-hydrogen) atoms. The second kappa shape index (κ2) is 9.36. The van der Waals surface area contributed by atoms with Crippen molar-refractivity contribution in [2.75, 3.05) is 6.61 Å². The quantitative estimate of drug-likeness (QED) is 0.543. The number of benzene rings is 1. The summed E-state index contributed by atoms with van der Waals surface area (Å²) in [6.45, 7) is 5.15. The molecular formula is C21H21Cl2N3O4. The monoisotopic (exact) mass is 449 g/mol. The second-order valence-electron chi connectivity index (χ2n) is 6.60. The van der Waals surface area contributed by atoms with Crippen LogP contribution in [-0.2, 0) is 13.1 Å². The molecule has 0 bridgehead atoms. The number of hydrogen-bond donors (Lipinski definition) is 1. The lowest BCUT2D eigenvalue weighted by Gasteiger charge is -2.20. The highest BCUT2D eigenvalue weighted by molar-refractivity contribution is 6.42. The largest absolute Gasteiger partial charge is 0.477 e. The number of halogens is 2. The van der Waals surface area contributed by atoms with Gasteiger partial charge in [0.1, 0.15) is 5.56 Å². The van der Waals surface area contributed by atoms with Gasteiger partial charge in [-0.15, -0.1) is 5.10 Å². The Morgan fingerprint density at radius 2 is 1.93 bits per heavy atom. The lowest BCUT2D eigenvalue weighted by Crippen LogP contribution is -2.24. The van der Waals surface area contributed by atoms with Crippen molar-refractivity contribution in [3.63, 3.8) is 0 Å². The Hall–Kier alpha value is -2.77. The third-order valence-electron chi connectivity index (χ3n) is 4.51. The van der Waals surface area contributed by atoms with E-state index in [2.05, 4.69) is 5.10 Å². The Kier molecular flexibility index (Phi) is 6.84. The van der Waals surface area contributed by atoms with E-state index in [1.165, 1.54) is 6.07 Å². The molecule has 0 saturated heterocycles. The van der Waals surface area contributed by atoms with E-state index in [1.807, 2.05) is 13.8 Å². The van der Waals surface area contributed by atoms with Crippen LogP contribution in [0.25, 0.3) is 11.3 Å². The number of carbonyl (C=O) groups is 1. The van der Waals surface area contributed by atoms with Gasteiger partial charge in [-0.1, -0.05) is 36.2 Å². The smallest absolute Gasteiger partial charge is 0.341 e. The molecule has 158 valence electrons. The van der Waals surface area contributed by atoms with Crippen molar-refractivity contribution >= 4 is 29.2 Å². The zero-order valence-electron chi connectivity index (χ0n) is 16.6. The van der Waals surface area contributed by atoms with Crippen molar-refractivity contribution in [2.24, 2.45) is 0 Å². The molecule has 0 atom stereocenters. The molecule has 0 saturated carbocycles. The second-order valence-corrected chi connectivity index (χ2v) is 7.42. The van der Waals surface area contributed by atoms with Crippen LogP contribution in [0, 0.1) is 0 Å². The first-order chi connectivity index (χ1) is 14.3. The molecule has 2 aromatic heterocycles. The Bertz CT molecular complexity index is 1140. The summed E-state index contributed by atoms with van der Waals surface area (Å²) < 4.78 is 8.94. The van der Waals surface area contributed by atoms with Crippen LogP contribution in [0.4, 0.5) is 0 Å². The maximum Gasteiger partial charge on any atom is 0.341 e. The van der Waals surface area contributed by atoms with E-state index < -0.39 is 11.4 Å². The first-order valence-corrected chi connectivity index (χ1v) is 10.2. The Labute approximate surface area is 183 Å². The number of rotatable bonds is 8. The molecule has 3 rings (SSSR count). The summed E-state index contributed by atoms with van der Waals surface area (Å²) in [5, 5.41) is 14.7. The summed E-state index contributed by atoms with van der Waals surface area (Å²) in [5.41, 5.74) is 0.485. The Balaban J connectivity index is 2.14. The van der Waals surface area contributed by atoms with Crippen molar-refractivity contribution in [1.82, 2.24) is 14.3 Å². The predicted molar refractivity (Wildman–Crippen MR) is 116 cm³/mol. The molecule has 1 N–H and O–H groups in total. The molecule has 2 heterocycles. The summed E-state index contributed by atoms with van der Waals surface area (Å²) in [6.07, 6.45) is 2.62. The molecule has 0 radical (unpaired) electrons. The van der Waals surface area contributed by atoms with Crippen molar-refractivity contribution in [3.05, 3.63) is 68.1 Å². The highest BCUT2D eigenvalue weighted by Crippen LogP contribution is 2.30. The average molecular weight is 450 g/mol. The first-order valence-electron chi connectivity index (χ1n) is 9.47. The highest BCUT2D eigenvalue weighted by atomic mass is 35.5. The van der Waals surface area contributed by atoms with Crippen LogP contribution >= 0.6 is 23.2 Å². The third-order valence-corrected chi connectivity index (χ3v) is 5.25. The number of hydrogen-bond acceptors (Lipinski definition) is 4. The van der Waals surface area contributed by atoms with Crippen LogP contribution in [0.5, 0.6) is 5.88 Å². The van der Waals surface area contributed by atoms with Crippen molar-refractivity contribution in [1.29, 1.82) is 0 Å². The summed E-state index contributed by atoms with van der Waals surface area (Å²) in [4.78, 5) is 24.6. The number of ether oxygens (including phenoxy) is 1. The van der Waals surface area contributed by atoms with E-state index in [0.717, 1.165) is 6.42 Å². The molecule has 9 heteroatoms. The van der Waals surface area contributed by atoms with Crippen LogP contribution in [0.15, 0.2) is 41.3 Å². The van der Waals surface area contributed by atoms with Gasteiger partial charge in [0.25, 0.3) is 0 Å². The fourth-order valence-electron chi connectivity index (χ4n) is 3.22. The fraction of sp³-hybridized carbons (Fsp3) is 0.286. The van der Waals surface area contributed by atoms with Crippen LogP contribution in [-0.4, -0.2) is 32.0 Å². The summed E-state index contributed by atoms with van der Waals surface area (Å²) in [6, 6.07) is 7.87. The van der Waals surface area contributed by atoms with Gasteiger partial charge in [0.2, 0.25) is 5.88 Å². The minimum atomic E-state index is -1.30. The summed E-state index contributed by atoms with van der Waals surface area (Å²) in [5.74, 6) is -0.807. The molecule has 0 fully saturated rings. The minimum Gasteiger partial charge on any atom is -0.477 e. The first kappa shape index (κ1) is 21.9.